The van der Waals surface area contributed by atoms with Gasteiger partial charge >= 0.3 is 0 Å². The zero-order valence-electron chi connectivity index (χ0n) is 14.1. The Hall–Kier alpha value is -1.55. The molecular formula is C19H28N2O2. The summed E-state index contributed by atoms with van der Waals surface area (Å²) in [5, 5.41) is 9.61. The Bertz CT molecular complexity index is 536. The number of hydrogen-bond donors (Lipinski definition) is 1. The average Bonchev–Trinajstić information content (AvgIpc) is 3.23. The van der Waals surface area contributed by atoms with Crippen LogP contribution in [0.3, 0.4) is 0 Å². The molecular weight excluding hydrogens is 288 g/mol. The van der Waals surface area contributed by atoms with Gasteiger partial charge in [0.2, 0.25) is 5.91 Å². The van der Waals surface area contributed by atoms with E-state index < -0.39 is 0 Å². The Labute approximate surface area is 139 Å². The number of nitrogens with zero attached hydrogens (tertiary/aromatic N) is 2. The van der Waals surface area contributed by atoms with E-state index in [1.165, 1.54) is 25.9 Å². The van der Waals surface area contributed by atoms with Crippen LogP contribution in [0, 0.1) is 0 Å². The fraction of sp³-hybridized carbons (Fsp3) is 0.632. The van der Waals surface area contributed by atoms with Crippen LogP contribution in [-0.4, -0.2) is 46.0 Å². The van der Waals surface area contributed by atoms with Crippen LogP contribution >= 0.6 is 0 Å². The van der Waals surface area contributed by atoms with Gasteiger partial charge in [-0.2, -0.15) is 0 Å². The Morgan fingerprint density at radius 3 is 2.74 bits per heavy atom. The number of rotatable bonds is 7. The number of benzene rings is 1. The highest BCUT2D eigenvalue weighted by Crippen LogP contribution is 2.30. The van der Waals surface area contributed by atoms with E-state index in [1.54, 1.807) is 12.1 Å². The topological polar surface area (TPSA) is 43.8 Å². The van der Waals surface area contributed by atoms with Crippen molar-refractivity contribution in [3.63, 3.8) is 0 Å². The third-order valence-electron chi connectivity index (χ3n) is 5.11. The van der Waals surface area contributed by atoms with Crippen molar-refractivity contribution in [3.8, 4) is 5.75 Å². The Kier molecular flexibility index (Phi) is 5.21. The van der Waals surface area contributed by atoms with Crippen molar-refractivity contribution in [2.24, 2.45) is 0 Å². The summed E-state index contributed by atoms with van der Waals surface area (Å²) in [7, 11) is 0. The molecule has 0 bridgehead atoms. The highest BCUT2D eigenvalue weighted by molar-refractivity contribution is 5.77. The summed E-state index contributed by atoms with van der Waals surface area (Å²) < 4.78 is 0. The highest BCUT2D eigenvalue weighted by atomic mass is 16.3. The number of phenolic OH excluding ortho intramolecular Hbond substituents is 1. The minimum absolute atomic E-state index is 0.266. The van der Waals surface area contributed by atoms with E-state index >= 15 is 0 Å². The van der Waals surface area contributed by atoms with Crippen molar-refractivity contribution >= 4 is 5.91 Å². The molecule has 0 radical (unpaired) electrons. The molecule has 3 rings (SSSR count). The number of carbonyl (C=O) groups is 1. The van der Waals surface area contributed by atoms with Gasteiger partial charge in [-0.05, 0) is 69.8 Å². The largest absolute Gasteiger partial charge is 0.508 e. The molecule has 1 N–H and O–H groups in total. The molecule has 2 aliphatic rings. The summed E-state index contributed by atoms with van der Waals surface area (Å²) in [4.78, 5) is 17.2. The molecule has 2 fully saturated rings. The fourth-order valence-electron chi connectivity index (χ4n) is 3.50. The van der Waals surface area contributed by atoms with Crippen molar-refractivity contribution in [1.82, 2.24) is 9.80 Å². The first-order chi connectivity index (χ1) is 11.1. The van der Waals surface area contributed by atoms with Crippen molar-refractivity contribution in [1.29, 1.82) is 0 Å². The van der Waals surface area contributed by atoms with Gasteiger partial charge < -0.3 is 14.9 Å². The van der Waals surface area contributed by atoms with Crippen molar-refractivity contribution < 1.29 is 9.90 Å². The normalized spacial score (nSPS) is 19.7. The van der Waals surface area contributed by atoms with E-state index in [-0.39, 0.29) is 11.7 Å². The molecule has 1 unspecified atom stereocenters. The van der Waals surface area contributed by atoms with Crippen molar-refractivity contribution in [2.75, 3.05) is 13.1 Å². The first-order valence-electron chi connectivity index (χ1n) is 8.95. The molecule has 1 saturated heterocycles. The van der Waals surface area contributed by atoms with E-state index in [1.807, 2.05) is 17.0 Å². The number of phenols is 1. The van der Waals surface area contributed by atoms with E-state index in [9.17, 15) is 9.90 Å². The summed E-state index contributed by atoms with van der Waals surface area (Å²) in [6.07, 6.45) is 6.40. The van der Waals surface area contributed by atoms with Crippen LogP contribution < -0.4 is 0 Å². The first kappa shape index (κ1) is 16.3. The van der Waals surface area contributed by atoms with E-state index in [4.69, 9.17) is 0 Å². The Balaban J connectivity index is 1.54. The number of carbonyl (C=O) groups excluding carboxylic acids is 1. The maximum atomic E-state index is 12.7. The zero-order valence-corrected chi connectivity index (χ0v) is 14.1. The maximum Gasteiger partial charge on any atom is 0.223 e. The van der Waals surface area contributed by atoms with Crippen LogP contribution in [0.25, 0.3) is 0 Å². The highest BCUT2D eigenvalue weighted by Gasteiger charge is 2.32. The summed E-state index contributed by atoms with van der Waals surface area (Å²) in [5.41, 5.74) is 1.01. The van der Waals surface area contributed by atoms with Gasteiger partial charge in [-0.1, -0.05) is 12.1 Å². The molecule has 1 aromatic rings. The number of amides is 1. The third-order valence-corrected chi connectivity index (χ3v) is 5.11. The molecule has 1 aromatic carbocycles. The Morgan fingerprint density at radius 2 is 2.09 bits per heavy atom. The van der Waals surface area contributed by atoms with Gasteiger partial charge in [-0.25, -0.2) is 0 Å². The second-order valence-electron chi connectivity index (χ2n) is 7.05. The lowest BCUT2D eigenvalue weighted by atomic mass is 10.1. The molecule has 126 valence electrons. The molecule has 1 amide bonds. The smallest absolute Gasteiger partial charge is 0.223 e. The molecule has 4 nitrogen and oxygen atoms in total. The van der Waals surface area contributed by atoms with Gasteiger partial charge in [0.1, 0.15) is 5.75 Å². The number of likely N-dealkylation sites (tertiary alicyclic amines) is 1. The molecule has 1 aliphatic carbocycles. The quantitative estimate of drug-likeness (QED) is 0.840. The van der Waals surface area contributed by atoms with Gasteiger partial charge in [-0.3, -0.25) is 4.79 Å². The second-order valence-corrected chi connectivity index (χ2v) is 7.05. The van der Waals surface area contributed by atoms with Crippen LogP contribution in [0.5, 0.6) is 5.75 Å². The lowest BCUT2D eigenvalue weighted by Gasteiger charge is -2.26. The summed E-state index contributed by atoms with van der Waals surface area (Å²) >= 11 is 0. The van der Waals surface area contributed by atoms with E-state index in [0.717, 1.165) is 24.8 Å². The molecule has 23 heavy (non-hydrogen) atoms. The van der Waals surface area contributed by atoms with E-state index in [2.05, 4.69) is 11.8 Å². The van der Waals surface area contributed by atoms with Crippen LogP contribution in [0.4, 0.5) is 0 Å². The second kappa shape index (κ2) is 7.35. The molecule has 1 saturated carbocycles. The van der Waals surface area contributed by atoms with E-state index in [0.29, 0.717) is 25.0 Å². The first-order valence-corrected chi connectivity index (χ1v) is 8.95. The zero-order chi connectivity index (χ0) is 16.2. The van der Waals surface area contributed by atoms with Crippen LogP contribution in [0.2, 0.25) is 0 Å². The summed E-state index contributed by atoms with van der Waals surface area (Å²) in [6.45, 7) is 5.24. The minimum Gasteiger partial charge on any atom is -0.508 e. The van der Waals surface area contributed by atoms with Gasteiger partial charge in [0.15, 0.2) is 0 Å². The maximum absolute atomic E-state index is 12.7. The molecule has 4 heteroatoms. The lowest BCUT2D eigenvalue weighted by Crippen LogP contribution is -2.35. The van der Waals surface area contributed by atoms with Crippen LogP contribution in [0.15, 0.2) is 24.3 Å². The predicted molar refractivity (Wildman–Crippen MR) is 91.2 cm³/mol. The van der Waals surface area contributed by atoms with Gasteiger partial charge in [0.05, 0.1) is 0 Å². The summed E-state index contributed by atoms with van der Waals surface area (Å²) in [6, 6.07) is 8.17. The molecule has 0 aromatic heterocycles. The Morgan fingerprint density at radius 1 is 1.35 bits per heavy atom. The SMILES string of the molecule is CC(CCC(=O)N(Cc1cccc(O)c1)C1CC1)N1CCCC1. The van der Waals surface area contributed by atoms with Crippen LogP contribution in [0.1, 0.15) is 51.0 Å². The van der Waals surface area contributed by atoms with Crippen molar-refractivity contribution in [3.05, 3.63) is 29.8 Å². The summed E-state index contributed by atoms with van der Waals surface area (Å²) in [5.74, 6) is 0.537. The average molecular weight is 316 g/mol. The molecule has 1 heterocycles. The monoisotopic (exact) mass is 316 g/mol. The predicted octanol–water partition coefficient (Wildman–Crippen LogP) is 3.15. The van der Waals surface area contributed by atoms with Crippen LogP contribution in [-0.2, 0) is 11.3 Å². The number of hydrogen-bond acceptors (Lipinski definition) is 3. The molecule has 1 aliphatic heterocycles. The fourth-order valence-corrected chi connectivity index (χ4v) is 3.50. The molecule has 0 spiro atoms. The standard InChI is InChI=1S/C19H28N2O2/c1-15(20-11-2-3-12-20)7-10-19(23)21(17-8-9-17)14-16-5-4-6-18(22)13-16/h4-6,13,15,17,22H,2-3,7-12,14H2,1H3. The molecule has 1 atom stereocenters. The number of aromatic hydroxyl groups is 1. The third kappa shape index (κ3) is 4.47. The minimum atomic E-state index is 0.266. The van der Waals surface area contributed by atoms with Gasteiger partial charge in [0, 0.05) is 25.0 Å². The van der Waals surface area contributed by atoms with Crippen molar-refractivity contribution in [2.45, 2.75) is 64.1 Å². The lowest BCUT2D eigenvalue weighted by molar-refractivity contribution is -0.132. The van der Waals surface area contributed by atoms with Gasteiger partial charge in [-0.15, -0.1) is 0 Å². The van der Waals surface area contributed by atoms with Gasteiger partial charge in [0.25, 0.3) is 0 Å².